The van der Waals surface area contributed by atoms with E-state index in [1.165, 1.54) is 18.3 Å². The highest BCUT2D eigenvalue weighted by Gasteiger charge is 2.31. The molecule has 40 heavy (non-hydrogen) atoms. The summed E-state index contributed by atoms with van der Waals surface area (Å²) in [6, 6.07) is 21.5. The quantitative estimate of drug-likeness (QED) is 0.174. The van der Waals surface area contributed by atoms with Gasteiger partial charge >= 0.3 is 6.18 Å². The zero-order valence-electron chi connectivity index (χ0n) is 20.3. The van der Waals surface area contributed by atoms with Gasteiger partial charge in [-0.05, 0) is 58.4 Å². The molecular formula is C29H17BrCl2F3N3O2. The van der Waals surface area contributed by atoms with E-state index in [0.29, 0.717) is 31.3 Å². The summed E-state index contributed by atoms with van der Waals surface area (Å²) in [6.07, 6.45) is -3.24. The number of hydrogen-bond acceptors (Lipinski definition) is 4. The minimum absolute atomic E-state index is 0.0642. The van der Waals surface area contributed by atoms with E-state index < -0.39 is 17.3 Å². The van der Waals surface area contributed by atoms with Crippen LogP contribution in [0.25, 0.3) is 22.3 Å². The first-order chi connectivity index (χ1) is 19.1. The van der Waals surface area contributed by atoms with E-state index in [-0.39, 0.29) is 23.4 Å². The maximum Gasteiger partial charge on any atom is 0.416 e. The summed E-state index contributed by atoms with van der Waals surface area (Å²) in [4.78, 5) is 18.0. The second-order valence-electron chi connectivity index (χ2n) is 8.58. The number of halogens is 6. The van der Waals surface area contributed by atoms with Crippen molar-refractivity contribution < 1.29 is 17.9 Å². The van der Waals surface area contributed by atoms with Gasteiger partial charge in [0.15, 0.2) is 5.82 Å². The largest absolute Gasteiger partial charge is 0.487 e. The van der Waals surface area contributed by atoms with Crippen LogP contribution >= 0.6 is 39.1 Å². The molecular weight excluding hydrogens is 630 g/mol. The van der Waals surface area contributed by atoms with Crippen LogP contribution in [-0.4, -0.2) is 15.9 Å². The van der Waals surface area contributed by atoms with Crippen LogP contribution in [0, 0.1) is 0 Å². The molecule has 0 saturated carbocycles. The molecule has 0 aliphatic rings. The Morgan fingerprint density at radius 1 is 0.975 bits per heavy atom. The molecule has 0 amide bonds. The summed E-state index contributed by atoms with van der Waals surface area (Å²) >= 11 is 16.0. The molecule has 0 radical (unpaired) electrons. The number of aromatic nitrogens is 2. The summed E-state index contributed by atoms with van der Waals surface area (Å²) in [5, 5.41) is 5.50. The second-order valence-corrected chi connectivity index (χ2v) is 10.3. The Kier molecular flexibility index (Phi) is 7.98. The summed E-state index contributed by atoms with van der Waals surface area (Å²) < 4.78 is 47.9. The summed E-state index contributed by atoms with van der Waals surface area (Å²) in [7, 11) is 0. The lowest BCUT2D eigenvalue weighted by Gasteiger charge is -2.14. The van der Waals surface area contributed by atoms with Crippen LogP contribution in [-0.2, 0) is 12.8 Å². The van der Waals surface area contributed by atoms with Crippen LogP contribution in [0.15, 0.2) is 99.3 Å². The number of rotatable bonds is 6. The van der Waals surface area contributed by atoms with Gasteiger partial charge in [0.1, 0.15) is 12.4 Å². The van der Waals surface area contributed by atoms with E-state index in [2.05, 4.69) is 26.0 Å². The molecule has 1 heterocycles. The highest BCUT2D eigenvalue weighted by Crippen LogP contribution is 2.34. The van der Waals surface area contributed by atoms with Crippen LogP contribution < -0.4 is 10.3 Å². The molecule has 11 heteroatoms. The van der Waals surface area contributed by atoms with Gasteiger partial charge in [-0.2, -0.15) is 22.9 Å². The van der Waals surface area contributed by atoms with E-state index in [1.807, 2.05) is 12.1 Å². The Balaban J connectivity index is 1.63. The van der Waals surface area contributed by atoms with E-state index >= 15 is 0 Å². The number of hydrogen-bond donors (Lipinski definition) is 0. The van der Waals surface area contributed by atoms with Gasteiger partial charge in [-0.1, -0.05) is 65.7 Å². The van der Waals surface area contributed by atoms with Gasteiger partial charge in [-0.25, -0.2) is 4.98 Å². The van der Waals surface area contributed by atoms with Crippen molar-refractivity contribution in [2.75, 3.05) is 0 Å². The topological polar surface area (TPSA) is 56.5 Å². The first-order valence-electron chi connectivity index (χ1n) is 11.7. The van der Waals surface area contributed by atoms with Crippen LogP contribution in [0.1, 0.15) is 16.7 Å². The highest BCUT2D eigenvalue weighted by molar-refractivity contribution is 9.10. The van der Waals surface area contributed by atoms with Crippen molar-refractivity contribution >= 4 is 56.2 Å². The van der Waals surface area contributed by atoms with Gasteiger partial charge in [0, 0.05) is 26.7 Å². The Bertz CT molecular complexity index is 1820. The van der Waals surface area contributed by atoms with E-state index in [9.17, 15) is 18.0 Å². The van der Waals surface area contributed by atoms with Gasteiger partial charge in [0.2, 0.25) is 0 Å². The Labute approximate surface area is 244 Å². The number of fused-ring (bicyclic) bond motifs is 1. The molecule has 0 atom stereocenters. The molecule has 202 valence electrons. The number of nitrogens with zero attached hydrogens (tertiary/aromatic N) is 3. The van der Waals surface area contributed by atoms with Crippen LogP contribution in [0.4, 0.5) is 13.2 Å². The molecule has 5 rings (SSSR count). The number of ether oxygens (including phenoxy) is 1. The Morgan fingerprint density at radius 3 is 2.50 bits per heavy atom. The van der Waals surface area contributed by atoms with E-state index in [1.54, 1.807) is 48.5 Å². The first kappa shape index (κ1) is 27.9. The molecule has 0 aliphatic carbocycles. The van der Waals surface area contributed by atoms with Crippen molar-refractivity contribution in [1.82, 2.24) is 9.66 Å². The maximum absolute atomic E-state index is 13.5. The average molecular weight is 647 g/mol. The van der Waals surface area contributed by atoms with Crippen LogP contribution in [0.3, 0.4) is 0 Å². The third-order valence-electron chi connectivity index (χ3n) is 5.88. The summed E-state index contributed by atoms with van der Waals surface area (Å²) in [5.41, 5.74) is 0.0981. The molecule has 0 fully saturated rings. The van der Waals surface area contributed by atoms with Crippen LogP contribution in [0.5, 0.6) is 5.75 Å². The number of alkyl halides is 3. The highest BCUT2D eigenvalue weighted by atomic mass is 79.9. The molecule has 5 aromatic rings. The van der Waals surface area contributed by atoms with E-state index in [4.69, 9.17) is 27.9 Å². The number of benzene rings is 4. The van der Waals surface area contributed by atoms with Crippen LogP contribution in [0.2, 0.25) is 10.0 Å². The normalized spacial score (nSPS) is 11.8. The molecule has 4 aromatic carbocycles. The molecule has 0 saturated heterocycles. The second kappa shape index (κ2) is 11.4. The fourth-order valence-electron chi connectivity index (χ4n) is 3.97. The maximum atomic E-state index is 13.5. The lowest BCUT2D eigenvalue weighted by molar-refractivity contribution is -0.137. The summed E-state index contributed by atoms with van der Waals surface area (Å²) in [5.74, 6) is 0.307. The van der Waals surface area contributed by atoms with Gasteiger partial charge in [0.05, 0.1) is 27.2 Å². The standard InChI is InChI=1S/C29H17BrCl2F3N3O2/c30-23-14-21(31)13-19(26(23)40-16-18-6-1-3-10-24(18)32)15-36-38-27(17-7-5-8-20(12-17)29(33,34)35)37-25-11-4-2-9-22(25)28(38)39/h1-15H,16H2. The van der Waals surface area contributed by atoms with E-state index in [0.717, 1.165) is 22.4 Å². The fraction of sp³-hybridized carbons (Fsp3) is 0.0690. The molecule has 5 nitrogen and oxygen atoms in total. The molecule has 0 spiro atoms. The minimum Gasteiger partial charge on any atom is -0.487 e. The zero-order valence-corrected chi connectivity index (χ0v) is 23.4. The van der Waals surface area contributed by atoms with Crippen molar-refractivity contribution in [3.63, 3.8) is 0 Å². The predicted octanol–water partition coefficient (Wildman–Crippen LogP) is 8.61. The molecule has 0 aliphatic heterocycles. The van der Waals surface area contributed by atoms with Crippen molar-refractivity contribution in [3.05, 3.63) is 126 Å². The lowest BCUT2D eigenvalue weighted by Crippen LogP contribution is -2.20. The third-order valence-corrected chi connectivity index (χ3v) is 7.06. The monoisotopic (exact) mass is 645 g/mol. The van der Waals surface area contributed by atoms with Gasteiger partial charge < -0.3 is 4.74 Å². The Hall–Kier alpha value is -3.66. The number of para-hydroxylation sites is 1. The first-order valence-corrected chi connectivity index (χ1v) is 13.3. The minimum atomic E-state index is -4.58. The van der Waals surface area contributed by atoms with Gasteiger partial charge in [-0.3, -0.25) is 4.79 Å². The molecule has 0 unspecified atom stereocenters. The predicted molar refractivity (Wildman–Crippen MR) is 154 cm³/mol. The zero-order chi connectivity index (χ0) is 28.4. The van der Waals surface area contributed by atoms with Crippen molar-refractivity contribution in [2.45, 2.75) is 12.8 Å². The lowest BCUT2D eigenvalue weighted by atomic mass is 10.1. The van der Waals surface area contributed by atoms with Crippen molar-refractivity contribution in [3.8, 4) is 17.1 Å². The SMILES string of the molecule is O=c1c2ccccc2nc(-c2cccc(C(F)(F)F)c2)n1N=Cc1cc(Cl)cc(Br)c1OCc1ccccc1Cl. The smallest absolute Gasteiger partial charge is 0.416 e. The van der Waals surface area contributed by atoms with Crippen molar-refractivity contribution in [1.29, 1.82) is 0 Å². The van der Waals surface area contributed by atoms with Gasteiger partial charge in [-0.15, -0.1) is 0 Å². The fourth-order valence-corrected chi connectivity index (χ4v) is 5.10. The molecule has 0 bridgehead atoms. The third kappa shape index (κ3) is 5.91. The summed E-state index contributed by atoms with van der Waals surface area (Å²) in [6.45, 7) is 0.133. The molecule has 0 N–H and O–H groups in total. The molecule has 1 aromatic heterocycles. The Morgan fingerprint density at radius 2 is 1.73 bits per heavy atom. The van der Waals surface area contributed by atoms with Gasteiger partial charge in [0.25, 0.3) is 5.56 Å². The van der Waals surface area contributed by atoms with Crippen molar-refractivity contribution in [2.24, 2.45) is 5.10 Å². The average Bonchev–Trinajstić information content (AvgIpc) is 2.92.